The zero-order valence-electron chi connectivity index (χ0n) is 19.0. The fourth-order valence-electron chi connectivity index (χ4n) is 4.69. The van der Waals surface area contributed by atoms with Crippen LogP contribution in [0.1, 0.15) is 24.0 Å². The van der Waals surface area contributed by atoms with Gasteiger partial charge in [0.2, 0.25) is 5.91 Å². The molecule has 2 N–H and O–H groups in total. The van der Waals surface area contributed by atoms with Crippen molar-refractivity contribution < 1.29 is 29.0 Å². The molecule has 8 nitrogen and oxygen atoms in total. The molecule has 1 aliphatic heterocycles. The fraction of sp³-hybridized carbons (Fsp3) is 0.346. The maximum atomic E-state index is 12.6. The van der Waals surface area contributed by atoms with Gasteiger partial charge in [-0.25, -0.2) is 4.79 Å². The second kappa shape index (κ2) is 10.5. The Morgan fingerprint density at radius 2 is 1.74 bits per heavy atom. The van der Waals surface area contributed by atoms with E-state index in [0.717, 1.165) is 22.3 Å². The van der Waals surface area contributed by atoms with E-state index in [4.69, 9.17) is 9.47 Å². The van der Waals surface area contributed by atoms with Crippen LogP contribution in [0.4, 0.5) is 4.79 Å². The first kappa shape index (κ1) is 23.5. The van der Waals surface area contributed by atoms with Gasteiger partial charge in [0.1, 0.15) is 12.5 Å². The van der Waals surface area contributed by atoms with Crippen molar-refractivity contribution in [2.45, 2.75) is 18.9 Å². The van der Waals surface area contributed by atoms with Gasteiger partial charge in [0.15, 0.2) is 0 Å². The van der Waals surface area contributed by atoms with Crippen molar-refractivity contribution in [2.24, 2.45) is 5.92 Å². The Balaban J connectivity index is 1.28. The van der Waals surface area contributed by atoms with Crippen molar-refractivity contribution in [2.75, 3.05) is 32.9 Å². The second-order valence-corrected chi connectivity index (χ2v) is 8.28. The molecule has 0 radical (unpaired) electrons. The number of likely N-dealkylation sites (N-methyl/N-ethyl adjacent to an activating group) is 1. The summed E-state index contributed by atoms with van der Waals surface area (Å²) in [5, 5.41) is 12.0. The Hall–Kier alpha value is -3.65. The molecule has 0 aromatic heterocycles. The van der Waals surface area contributed by atoms with Crippen molar-refractivity contribution in [3.05, 3.63) is 71.8 Å². The standard InChI is InChI=1S/C26H28N2O6/c1-2-28(23-16-33-14-22(23)25(30)31)24(29)12-7-13-27-26(32)34-15-21-19-10-5-3-8-17(19)18-9-4-6-11-20(18)21/h3-12,21-23H,2,13-16H2,1H3,(H,27,32)(H,30,31)/b12-7+. The molecule has 178 valence electrons. The highest BCUT2D eigenvalue weighted by atomic mass is 16.5. The summed E-state index contributed by atoms with van der Waals surface area (Å²) in [6.45, 7) is 2.77. The number of rotatable bonds is 8. The van der Waals surface area contributed by atoms with Crippen LogP contribution in [0.25, 0.3) is 11.1 Å². The molecule has 1 heterocycles. The molecule has 1 aliphatic carbocycles. The van der Waals surface area contributed by atoms with Crippen molar-refractivity contribution in [1.82, 2.24) is 10.2 Å². The second-order valence-electron chi connectivity index (χ2n) is 8.28. The van der Waals surface area contributed by atoms with E-state index in [9.17, 15) is 19.5 Å². The Kier molecular flexibility index (Phi) is 7.27. The summed E-state index contributed by atoms with van der Waals surface area (Å²) in [5.74, 6) is -2.06. The number of amides is 2. The molecule has 2 unspecified atom stereocenters. The van der Waals surface area contributed by atoms with E-state index < -0.39 is 24.0 Å². The van der Waals surface area contributed by atoms with Crippen molar-refractivity contribution in [3.63, 3.8) is 0 Å². The van der Waals surface area contributed by atoms with Gasteiger partial charge in [0.05, 0.1) is 19.3 Å². The lowest BCUT2D eigenvalue weighted by molar-refractivity contribution is -0.144. The quantitative estimate of drug-likeness (QED) is 0.582. The lowest BCUT2D eigenvalue weighted by Gasteiger charge is -2.28. The average Bonchev–Trinajstić information content (AvgIpc) is 3.44. The zero-order chi connectivity index (χ0) is 24.1. The first-order valence-electron chi connectivity index (χ1n) is 11.4. The molecule has 2 aromatic rings. The molecule has 2 aliphatic rings. The fourth-order valence-corrected chi connectivity index (χ4v) is 4.69. The summed E-state index contributed by atoms with van der Waals surface area (Å²) >= 11 is 0. The van der Waals surface area contributed by atoms with E-state index in [0.29, 0.717) is 6.54 Å². The van der Waals surface area contributed by atoms with Crippen molar-refractivity contribution >= 4 is 18.0 Å². The minimum absolute atomic E-state index is 0.0239. The number of alkyl carbamates (subject to hydrolysis) is 1. The SMILES string of the molecule is CCN(C(=O)/C=C/CNC(=O)OCC1c2ccccc2-c2ccccc21)C1COCC1C(=O)O. The summed E-state index contributed by atoms with van der Waals surface area (Å²) in [6.07, 6.45) is 2.30. The molecule has 2 atom stereocenters. The van der Waals surface area contributed by atoms with Crippen LogP contribution in [0.5, 0.6) is 0 Å². The molecule has 4 rings (SSSR count). The number of carbonyl (C=O) groups excluding carboxylic acids is 2. The third-order valence-corrected chi connectivity index (χ3v) is 6.36. The highest BCUT2D eigenvalue weighted by Gasteiger charge is 2.39. The minimum atomic E-state index is -0.977. The molecule has 0 bridgehead atoms. The molecule has 2 aromatic carbocycles. The summed E-state index contributed by atoms with van der Waals surface area (Å²) in [7, 11) is 0. The van der Waals surface area contributed by atoms with Gasteiger partial charge >= 0.3 is 12.1 Å². The molecule has 1 saturated heterocycles. The summed E-state index contributed by atoms with van der Waals surface area (Å²) in [5.41, 5.74) is 4.59. The molecular weight excluding hydrogens is 436 g/mol. The maximum Gasteiger partial charge on any atom is 0.407 e. The largest absolute Gasteiger partial charge is 0.481 e. The van der Waals surface area contributed by atoms with Gasteiger partial charge in [-0.1, -0.05) is 54.6 Å². The lowest BCUT2D eigenvalue weighted by Crippen LogP contribution is -2.45. The predicted molar refractivity (Wildman–Crippen MR) is 125 cm³/mol. The molecule has 1 fully saturated rings. The van der Waals surface area contributed by atoms with E-state index in [1.807, 2.05) is 24.3 Å². The molecule has 0 saturated carbocycles. The van der Waals surface area contributed by atoms with Crippen LogP contribution in [0.2, 0.25) is 0 Å². The third-order valence-electron chi connectivity index (χ3n) is 6.36. The number of fused-ring (bicyclic) bond motifs is 3. The highest BCUT2D eigenvalue weighted by Crippen LogP contribution is 2.44. The van der Waals surface area contributed by atoms with E-state index in [1.165, 1.54) is 17.1 Å². The normalized spacial score (nSPS) is 19.0. The van der Waals surface area contributed by atoms with Crippen LogP contribution >= 0.6 is 0 Å². The highest BCUT2D eigenvalue weighted by molar-refractivity contribution is 5.88. The number of carbonyl (C=O) groups is 3. The van der Waals surface area contributed by atoms with Gasteiger partial charge in [0, 0.05) is 25.1 Å². The van der Waals surface area contributed by atoms with Crippen LogP contribution in [-0.4, -0.2) is 66.9 Å². The van der Waals surface area contributed by atoms with Crippen LogP contribution < -0.4 is 5.32 Å². The maximum absolute atomic E-state index is 12.6. The van der Waals surface area contributed by atoms with Gasteiger partial charge in [0.25, 0.3) is 0 Å². The minimum Gasteiger partial charge on any atom is -0.481 e. The van der Waals surface area contributed by atoms with E-state index in [2.05, 4.69) is 29.6 Å². The van der Waals surface area contributed by atoms with Gasteiger partial charge in [-0.05, 0) is 29.2 Å². The average molecular weight is 465 g/mol. The van der Waals surface area contributed by atoms with E-state index in [-0.39, 0.29) is 38.2 Å². The number of carboxylic acid groups (broad SMARTS) is 1. The number of ether oxygens (including phenoxy) is 2. The Morgan fingerprint density at radius 3 is 2.35 bits per heavy atom. The van der Waals surface area contributed by atoms with Crippen LogP contribution in [0.3, 0.4) is 0 Å². The molecule has 2 amide bonds. The van der Waals surface area contributed by atoms with Gasteiger partial charge in [-0.15, -0.1) is 0 Å². The first-order valence-corrected chi connectivity index (χ1v) is 11.4. The number of aliphatic carboxylic acids is 1. The monoisotopic (exact) mass is 464 g/mol. The Morgan fingerprint density at radius 1 is 1.09 bits per heavy atom. The number of hydrogen-bond donors (Lipinski definition) is 2. The Labute approximate surface area is 198 Å². The molecule has 0 spiro atoms. The summed E-state index contributed by atoms with van der Waals surface area (Å²) < 4.78 is 10.7. The number of nitrogens with zero attached hydrogens (tertiary/aromatic N) is 1. The van der Waals surface area contributed by atoms with Gasteiger partial charge < -0.3 is 24.8 Å². The van der Waals surface area contributed by atoms with Crippen molar-refractivity contribution in [3.8, 4) is 11.1 Å². The first-order chi connectivity index (χ1) is 16.5. The van der Waals surface area contributed by atoms with E-state index in [1.54, 1.807) is 6.92 Å². The summed E-state index contributed by atoms with van der Waals surface area (Å²) in [4.78, 5) is 37.7. The van der Waals surface area contributed by atoms with Gasteiger partial charge in [-0.3, -0.25) is 9.59 Å². The smallest absolute Gasteiger partial charge is 0.407 e. The van der Waals surface area contributed by atoms with Crippen LogP contribution in [0.15, 0.2) is 60.7 Å². The number of nitrogens with one attached hydrogen (secondary N) is 1. The van der Waals surface area contributed by atoms with Gasteiger partial charge in [-0.2, -0.15) is 0 Å². The van der Waals surface area contributed by atoms with Crippen molar-refractivity contribution in [1.29, 1.82) is 0 Å². The Bertz CT molecular complexity index is 1050. The lowest BCUT2D eigenvalue weighted by atomic mass is 9.98. The summed E-state index contributed by atoms with van der Waals surface area (Å²) in [6, 6.07) is 15.7. The van der Waals surface area contributed by atoms with Crippen LogP contribution in [0, 0.1) is 5.92 Å². The predicted octanol–water partition coefficient (Wildman–Crippen LogP) is 3.03. The number of hydrogen-bond acceptors (Lipinski definition) is 5. The van der Waals surface area contributed by atoms with E-state index >= 15 is 0 Å². The molecule has 8 heteroatoms. The topological polar surface area (TPSA) is 105 Å². The third kappa shape index (κ3) is 4.82. The number of carboxylic acids is 1. The molecular formula is C26H28N2O6. The molecule has 34 heavy (non-hydrogen) atoms. The van der Waals surface area contributed by atoms with Crippen LogP contribution in [-0.2, 0) is 19.1 Å². The number of benzene rings is 2. The zero-order valence-corrected chi connectivity index (χ0v) is 19.0.